The second-order valence-corrected chi connectivity index (χ2v) is 6.10. The van der Waals surface area contributed by atoms with Crippen molar-refractivity contribution in [2.45, 2.75) is 25.3 Å². The van der Waals surface area contributed by atoms with Gasteiger partial charge < -0.3 is 5.32 Å². The molecule has 1 aliphatic rings. The number of aryl methyl sites for hydroxylation is 1. The van der Waals surface area contributed by atoms with Gasteiger partial charge in [0.15, 0.2) is 0 Å². The molecule has 0 bridgehead atoms. The Labute approximate surface area is 131 Å². The van der Waals surface area contributed by atoms with E-state index in [4.69, 9.17) is 0 Å². The molecule has 1 aliphatic carbocycles. The SMILES string of the molecule is O=C(NC1CCCc2ccccc21)c1cc(F)ccc1Br. The van der Waals surface area contributed by atoms with Gasteiger partial charge in [0.2, 0.25) is 0 Å². The first kappa shape index (κ1) is 14.3. The third kappa shape index (κ3) is 3.00. The molecule has 0 saturated carbocycles. The molecule has 0 spiro atoms. The van der Waals surface area contributed by atoms with Crippen LogP contribution >= 0.6 is 15.9 Å². The first-order valence-corrected chi connectivity index (χ1v) is 7.78. The number of amides is 1. The summed E-state index contributed by atoms with van der Waals surface area (Å²) in [5.41, 5.74) is 2.79. The van der Waals surface area contributed by atoms with Crippen LogP contribution in [0, 0.1) is 5.82 Å². The van der Waals surface area contributed by atoms with Crippen LogP contribution in [0.5, 0.6) is 0 Å². The maximum Gasteiger partial charge on any atom is 0.253 e. The fourth-order valence-corrected chi connectivity index (χ4v) is 3.24. The average Bonchev–Trinajstić information content (AvgIpc) is 2.50. The van der Waals surface area contributed by atoms with Crippen molar-refractivity contribution in [1.82, 2.24) is 5.32 Å². The molecule has 108 valence electrons. The van der Waals surface area contributed by atoms with Gasteiger partial charge in [-0.05, 0) is 64.5 Å². The van der Waals surface area contributed by atoms with Gasteiger partial charge in [-0.1, -0.05) is 24.3 Å². The molecule has 1 amide bonds. The number of carbonyl (C=O) groups is 1. The predicted octanol–water partition coefficient (Wildman–Crippen LogP) is 4.40. The maximum atomic E-state index is 13.3. The van der Waals surface area contributed by atoms with Gasteiger partial charge >= 0.3 is 0 Å². The molecule has 1 atom stereocenters. The number of benzene rings is 2. The highest BCUT2D eigenvalue weighted by Crippen LogP contribution is 2.30. The molecule has 3 rings (SSSR count). The van der Waals surface area contributed by atoms with Crippen molar-refractivity contribution >= 4 is 21.8 Å². The molecule has 4 heteroatoms. The Hall–Kier alpha value is -1.68. The monoisotopic (exact) mass is 347 g/mol. The summed E-state index contributed by atoms with van der Waals surface area (Å²) < 4.78 is 13.9. The minimum Gasteiger partial charge on any atom is -0.345 e. The van der Waals surface area contributed by atoms with Crippen molar-refractivity contribution in [3.63, 3.8) is 0 Å². The van der Waals surface area contributed by atoms with E-state index in [2.05, 4.69) is 33.4 Å². The first-order valence-electron chi connectivity index (χ1n) is 6.99. The van der Waals surface area contributed by atoms with E-state index in [-0.39, 0.29) is 11.9 Å². The zero-order valence-electron chi connectivity index (χ0n) is 11.4. The van der Waals surface area contributed by atoms with Crippen LogP contribution in [0.15, 0.2) is 46.9 Å². The standard InChI is InChI=1S/C17H15BrFNO/c18-15-9-8-12(19)10-14(15)17(21)20-16-7-3-5-11-4-1-2-6-13(11)16/h1-2,4,6,8-10,16H,3,5,7H2,(H,20,21). The van der Waals surface area contributed by atoms with Crippen LogP contribution in [0.25, 0.3) is 0 Å². The van der Waals surface area contributed by atoms with Crippen LogP contribution in [-0.4, -0.2) is 5.91 Å². The molecule has 0 saturated heterocycles. The Morgan fingerprint density at radius 3 is 2.90 bits per heavy atom. The minimum atomic E-state index is -0.410. The third-order valence-corrected chi connectivity index (χ3v) is 4.54. The van der Waals surface area contributed by atoms with Crippen molar-refractivity contribution in [2.24, 2.45) is 0 Å². The van der Waals surface area contributed by atoms with Crippen LogP contribution in [0.1, 0.15) is 40.4 Å². The fraction of sp³-hybridized carbons (Fsp3) is 0.235. The number of nitrogens with one attached hydrogen (secondary N) is 1. The summed E-state index contributed by atoms with van der Waals surface area (Å²) in [6.07, 6.45) is 3.01. The molecule has 1 unspecified atom stereocenters. The number of hydrogen-bond donors (Lipinski definition) is 1. The minimum absolute atomic E-state index is 0.00221. The molecular weight excluding hydrogens is 333 g/mol. The van der Waals surface area contributed by atoms with Gasteiger partial charge in [-0.2, -0.15) is 0 Å². The van der Waals surface area contributed by atoms with Crippen molar-refractivity contribution < 1.29 is 9.18 Å². The van der Waals surface area contributed by atoms with E-state index >= 15 is 0 Å². The molecule has 0 aliphatic heterocycles. The summed E-state index contributed by atoms with van der Waals surface area (Å²) in [5, 5.41) is 3.02. The van der Waals surface area contributed by atoms with Gasteiger partial charge in [0.05, 0.1) is 11.6 Å². The lowest BCUT2D eigenvalue weighted by molar-refractivity contribution is 0.0931. The largest absolute Gasteiger partial charge is 0.345 e. The van der Waals surface area contributed by atoms with E-state index in [0.717, 1.165) is 19.3 Å². The molecule has 0 fully saturated rings. The zero-order valence-corrected chi connectivity index (χ0v) is 13.0. The Bertz CT molecular complexity index is 686. The molecule has 2 aromatic carbocycles. The van der Waals surface area contributed by atoms with Gasteiger partial charge in [-0.3, -0.25) is 4.79 Å². The number of hydrogen-bond acceptors (Lipinski definition) is 1. The van der Waals surface area contributed by atoms with E-state index in [1.54, 1.807) is 6.07 Å². The number of halogens is 2. The van der Waals surface area contributed by atoms with Gasteiger partial charge in [-0.15, -0.1) is 0 Å². The van der Waals surface area contributed by atoms with Crippen molar-refractivity contribution in [2.75, 3.05) is 0 Å². The molecular formula is C17H15BrFNO. The summed E-state index contributed by atoms with van der Waals surface area (Å²) in [4.78, 5) is 12.4. The number of fused-ring (bicyclic) bond motifs is 1. The second-order valence-electron chi connectivity index (χ2n) is 5.24. The molecule has 21 heavy (non-hydrogen) atoms. The zero-order chi connectivity index (χ0) is 14.8. The normalized spacial score (nSPS) is 17.1. The van der Waals surface area contributed by atoms with Gasteiger partial charge in [0.1, 0.15) is 5.82 Å². The van der Waals surface area contributed by atoms with Crippen LogP contribution in [-0.2, 0) is 6.42 Å². The van der Waals surface area contributed by atoms with Gasteiger partial charge in [0, 0.05) is 4.47 Å². The smallest absolute Gasteiger partial charge is 0.253 e. The van der Waals surface area contributed by atoms with E-state index in [9.17, 15) is 9.18 Å². The first-order chi connectivity index (χ1) is 10.1. The van der Waals surface area contributed by atoms with Crippen LogP contribution in [0.4, 0.5) is 4.39 Å². The molecule has 2 aromatic rings. The highest BCUT2D eigenvalue weighted by molar-refractivity contribution is 9.10. The summed E-state index contributed by atoms with van der Waals surface area (Å²) in [6, 6.07) is 12.3. The Kier molecular flexibility index (Phi) is 4.06. The molecule has 0 aromatic heterocycles. The highest BCUT2D eigenvalue weighted by atomic mass is 79.9. The highest BCUT2D eigenvalue weighted by Gasteiger charge is 2.22. The Morgan fingerprint density at radius 2 is 2.05 bits per heavy atom. The lowest BCUT2D eigenvalue weighted by Gasteiger charge is -2.26. The van der Waals surface area contributed by atoms with Crippen LogP contribution < -0.4 is 5.32 Å². The number of rotatable bonds is 2. The summed E-state index contributed by atoms with van der Waals surface area (Å²) in [6.45, 7) is 0. The quantitative estimate of drug-likeness (QED) is 0.857. The van der Waals surface area contributed by atoms with E-state index < -0.39 is 5.82 Å². The molecule has 0 heterocycles. The fourth-order valence-electron chi connectivity index (χ4n) is 2.81. The summed E-state index contributed by atoms with van der Waals surface area (Å²) in [5.74, 6) is -0.657. The van der Waals surface area contributed by atoms with Crippen molar-refractivity contribution in [3.05, 3.63) is 69.4 Å². The van der Waals surface area contributed by atoms with Crippen LogP contribution in [0.2, 0.25) is 0 Å². The van der Waals surface area contributed by atoms with E-state index in [1.807, 2.05) is 12.1 Å². The average molecular weight is 348 g/mol. The lowest BCUT2D eigenvalue weighted by Crippen LogP contribution is -2.31. The molecule has 2 nitrogen and oxygen atoms in total. The van der Waals surface area contributed by atoms with Gasteiger partial charge in [0.25, 0.3) is 5.91 Å². The summed E-state index contributed by atoms with van der Waals surface area (Å²) in [7, 11) is 0. The predicted molar refractivity (Wildman–Crippen MR) is 83.7 cm³/mol. The van der Waals surface area contributed by atoms with Crippen LogP contribution in [0.3, 0.4) is 0 Å². The lowest BCUT2D eigenvalue weighted by atomic mass is 9.87. The van der Waals surface area contributed by atoms with E-state index in [1.165, 1.54) is 23.3 Å². The maximum absolute atomic E-state index is 13.3. The Morgan fingerprint density at radius 1 is 1.24 bits per heavy atom. The van der Waals surface area contributed by atoms with Crippen molar-refractivity contribution in [1.29, 1.82) is 0 Å². The summed E-state index contributed by atoms with van der Waals surface area (Å²) >= 11 is 3.30. The second kappa shape index (κ2) is 5.98. The molecule has 0 radical (unpaired) electrons. The molecule has 1 N–H and O–H groups in total. The third-order valence-electron chi connectivity index (χ3n) is 3.85. The van der Waals surface area contributed by atoms with E-state index in [0.29, 0.717) is 10.0 Å². The number of carbonyl (C=O) groups excluding carboxylic acids is 1. The Balaban J connectivity index is 1.84. The van der Waals surface area contributed by atoms with Gasteiger partial charge in [-0.25, -0.2) is 4.39 Å². The topological polar surface area (TPSA) is 29.1 Å². The van der Waals surface area contributed by atoms with Crippen molar-refractivity contribution in [3.8, 4) is 0 Å².